The monoisotopic (exact) mass is 458 g/mol. The number of nitrogens with one attached hydrogen (secondary N) is 1. The molecule has 0 fully saturated rings. The molecule has 0 saturated carbocycles. The molecule has 1 amide bonds. The molecular formula is C27H26N2O5. The van der Waals surface area contributed by atoms with Crippen molar-refractivity contribution in [2.24, 2.45) is 5.10 Å². The van der Waals surface area contributed by atoms with Gasteiger partial charge in [0, 0.05) is 6.08 Å². The van der Waals surface area contributed by atoms with Gasteiger partial charge in [-0.3, -0.25) is 4.79 Å². The van der Waals surface area contributed by atoms with Gasteiger partial charge in [-0.25, -0.2) is 10.2 Å². The van der Waals surface area contributed by atoms with Crippen molar-refractivity contribution >= 4 is 24.2 Å². The van der Waals surface area contributed by atoms with Crippen LogP contribution in [-0.2, 0) is 9.59 Å². The topological polar surface area (TPSA) is 86.2 Å². The zero-order valence-corrected chi connectivity index (χ0v) is 19.3. The number of hydrogen-bond acceptors (Lipinski definition) is 6. The average molecular weight is 459 g/mol. The van der Waals surface area contributed by atoms with Gasteiger partial charge >= 0.3 is 5.97 Å². The van der Waals surface area contributed by atoms with E-state index >= 15 is 0 Å². The predicted octanol–water partition coefficient (Wildman–Crippen LogP) is 4.46. The fraction of sp³-hybridized carbons (Fsp3) is 0.148. The Bertz CT molecular complexity index is 1180. The van der Waals surface area contributed by atoms with E-state index in [0.29, 0.717) is 17.1 Å². The number of hydrazone groups is 1. The number of methoxy groups -OCH3 is 1. The van der Waals surface area contributed by atoms with Crippen LogP contribution >= 0.6 is 0 Å². The lowest BCUT2D eigenvalue weighted by molar-refractivity contribution is -0.129. The average Bonchev–Trinajstić information content (AvgIpc) is 2.83. The first-order valence-electron chi connectivity index (χ1n) is 10.6. The molecule has 0 unspecified atom stereocenters. The second-order valence-electron chi connectivity index (χ2n) is 7.40. The fourth-order valence-electron chi connectivity index (χ4n) is 3.06. The van der Waals surface area contributed by atoms with Crippen molar-refractivity contribution in [2.75, 3.05) is 13.7 Å². The van der Waals surface area contributed by atoms with Crippen molar-refractivity contribution in [3.05, 3.63) is 95.1 Å². The smallest absolute Gasteiger partial charge is 0.336 e. The Balaban J connectivity index is 1.49. The maximum atomic E-state index is 12.1. The van der Waals surface area contributed by atoms with Crippen LogP contribution in [0.5, 0.6) is 17.2 Å². The van der Waals surface area contributed by atoms with E-state index in [2.05, 4.69) is 10.5 Å². The van der Waals surface area contributed by atoms with Crippen molar-refractivity contribution in [1.82, 2.24) is 5.43 Å². The maximum absolute atomic E-state index is 12.1. The molecule has 0 radical (unpaired) electrons. The Kier molecular flexibility index (Phi) is 8.57. The molecule has 34 heavy (non-hydrogen) atoms. The second kappa shape index (κ2) is 12.0. The molecule has 3 rings (SSSR count). The first-order chi connectivity index (χ1) is 16.4. The highest BCUT2D eigenvalue weighted by atomic mass is 16.5. The summed E-state index contributed by atoms with van der Waals surface area (Å²) in [7, 11) is 1.59. The van der Waals surface area contributed by atoms with Crippen LogP contribution in [0.2, 0.25) is 0 Å². The van der Waals surface area contributed by atoms with Crippen LogP contribution in [0.4, 0.5) is 0 Å². The molecule has 0 atom stereocenters. The van der Waals surface area contributed by atoms with Gasteiger partial charge in [-0.05, 0) is 66.4 Å². The highest BCUT2D eigenvalue weighted by molar-refractivity contribution is 5.89. The first kappa shape index (κ1) is 24.3. The van der Waals surface area contributed by atoms with Crippen LogP contribution in [0.1, 0.15) is 22.3 Å². The molecule has 3 aromatic carbocycles. The minimum Gasteiger partial charge on any atom is -0.497 e. The quantitative estimate of drug-likeness (QED) is 0.168. The minimum atomic E-state index is -0.512. The minimum absolute atomic E-state index is 0.152. The molecule has 0 aliphatic carbocycles. The van der Waals surface area contributed by atoms with E-state index in [4.69, 9.17) is 14.2 Å². The number of amides is 1. The second-order valence-corrected chi connectivity index (χ2v) is 7.40. The van der Waals surface area contributed by atoms with Gasteiger partial charge in [0.05, 0.1) is 13.3 Å². The van der Waals surface area contributed by atoms with Crippen molar-refractivity contribution in [3.8, 4) is 17.2 Å². The summed E-state index contributed by atoms with van der Waals surface area (Å²) in [5.41, 5.74) is 5.84. The van der Waals surface area contributed by atoms with Crippen LogP contribution in [0, 0.1) is 13.8 Å². The van der Waals surface area contributed by atoms with Gasteiger partial charge < -0.3 is 14.2 Å². The number of rotatable bonds is 9. The summed E-state index contributed by atoms with van der Waals surface area (Å²) in [6, 6.07) is 19.9. The Morgan fingerprint density at radius 3 is 2.32 bits per heavy atom. The molecule has 1 N–H and O–H groups in total. The largest absolute Gasteiger partial charge is 0.497 e. The summed E-state index contributed by atoms with van der Waals surface area (Å²) in [5, 5.41) is 3.94. The molecule has 7 nitrogen and oxygen atoms in total. The number of benzene rings is 3. The molecule has 0 spiro atoms. The Morgan fingerprint density at radius 2 is 1.62 bits per heavy atom. The zero-order valence-electron chi connectivity index (χ0n) is 19.3. The predicted molar refractivity (Wildman–Crippen MR) is 131 cm³/mol. The molecule has 0 bridgehead atoms. The summed E-state index contributed by atoms with van der Waals surface area (Å²) in [6.07, 6.45) is 4.46. The molecule has 0 saturated heterocycles. The maximum Gasteiger partial charge on any atom is 0.336 e. The normalized spacial score (nSPS) is 10.9. The van der Waals surface area contributed by atoms with Gasteiger partial charge in [0.1, 0.15) is 17.2 Å². The fourth-order valence-corrected chi connectivity index (χ4v) is 3.06. The van der Waals surface area contributed by atoms with E-state index in [1.165, 1.54) is 12.3 Å². The van der Waals surface area contributed by atoms with Crippen LogP contribution in [0.15, 0.2) is 77.9 Å². The highest BCUT2D eigenvalue weighted by Crippen LogP contribution is 2.22. The molecule has 3 aromatic rings. The summed E-state index contributed by atoms with van der Waals surface area (Å²) < 4.78 is 16.1. The lowest BCUT2D eigenvalue weighted by Crippen LogP contribution is -2.25. The number of para-hydroxylation sites is 1. The molecule has 174 valence electrons. The lowest BCUT2D eigenvalue weighted by atomic mass is 10.1. The van der Waals surface area contributed by atoms with E-state index in [1.54, 1.807) is 37.5 Å². The first-order valence-corrected chi connectivity index (χ1v) is 10.6. The molecular weight excluding hydrogens is 432 g/mol. The van der Waals surface area contributed by atoms with Gasteiger partial charge in [0.15, 0.2) is 6.61 Å². The van der Waals surface area contributed by atoms with Crippen LogP contribution in [0.3, 0.4) is 0 Å². The molecule has 0 aliphatic rings. The van der Waals surface area contributed by atoms with Crippen LogP contribution < -0.4 is 19.6 Å². The number of nitrogens with zero attached hydrogens (tertiary/aromatic N) is 1. The molecule has 7 heteroatoms. The van der Waals surface area contributed by atoms with Crippen molar-refractivity contribution < 1.29 is 23.8 Å². The molecule has 0 aromatic heterocycles. The highest BCUT2D eigenvalue weighted by Gasteiger charge is 2.07. The summed E-state index contributed by atoms with van der Waals surface area (Å²) in [5.74, 6) is 0.894. The third-order valence-electron chi connectivity index (χ3n) is 4.76. The van der Waals surface area contributed by atoms with Crippen LogP contribution in [0.25, 0.3) is 6.08 Å². The number of hydrogen-bond donors (Lipinski definition) is 1. The Labute approximate surface area is 198 Å². The summed E-state index contributed by atoms with van der Waals surface area (Å²) >= 11 is 0. The SMILES string of the molecule is COc1ccc(/C=C/C(=O)Oc2cccc(/C=N\NC(=O)COc3c(C)cccc3C)c2)cc1. The van der Waals surface area contributed by atoms with Crippen molar-refractivity contribution in [1.29, 1.82) is 0 Å². The summed E-state index contributed by atoms with van der Waals surface area (Å²) in [4.78, 5) is 24.2. The number of aryl methyl sites for hydroxylation is 2. The van der Waals surface area contributed by atoms with E-state index in [1.807, 2.05) is 56.3 Å². The van der Waals surface area contributed by atoms with Crippen molar-refractivity contribution in [3.63, 3.8) is 0 Å². The van der Waals surface area contributed by atoms with Gasteiger partial charge in [0.2, 0.25) is 0 Å². The van der Waals surface area contributed by atoms with Gasteiger partial charge in [-0.15, -0.1) is 0 Å². The Hall–Kier alpha value is -4.39. The van der Waals surface area contributed by atoms with Gasteiger partial charge in [-0.1, -0.05) is 42.5 Å². The van der Waals surface area contributed by atoms with E-state index in [0.717, 1.165) is 22.4 Å². The third-order valence-corrected chi connectivity index (χ3v) is 4.76. The van der Waals surface area contributed by atoms with E-state index in [9.17, 15) is 9.59 Å². The lowest BCUT2D eigenvalue weighted by Gasteiger charge is -2.10. The van der Waals surface area contributed by atoms with E-state index < -0.39 is 5.97 Å². The number of esters is 1. The van der Waals surface area contributed by atoms with Crippen LogP contribution in [-0.4, -0.2) is 31.8 Å². The number of carbonyl (C=O) groups is 2. The molecule has 0 heterocycles. The van der Waals surface area contributed by atoms with Gasteiger partial charge in [0.25, 0.3) is 5.91 Å². The van der Waals surface area contributed by atoms with Crippen molar-refractivity contribution in [2.45, 2.75) is 13.8 Å². The summed E-state index contributed by atoms with van der Waals surface area (Å²) in [6.45, 7) is 3.70. The zero-order chi connectivity index (χ0) is 24.3. The number of carbonyl (C=O) groups excluding carboxylic acids is 2. The van der Waals surface area contributed by atoms with E-state index in [-0.39, 0.29) is 12.5 Å². The standard InChI is InChI=1S/C27H26N2O5/c1-19-6-4-7-20(2)27(19)33-18-25(30)29-28-17-22-8-5-9-24(16-22)34-26(31)15-12-21-10-13-23(32-3)14-11-21/h4-17H,18H2,1-3H3,(H,29,30)/b15-12+,28-17-. The van der Waals surface area contributed by atoms with Gasteiger partial charge in [-0.2, -0.15) is 5.10 Å². The number of ether oxygens (including phenoxy) is 3. The Morgan fingerprint density at radius 1 is 0.912 bits per heavy atom. The third kappa shape index (κ3) is 7.34. The molecule has 0 aliphatic heterocycles.